The van der Waals surface area contributed by atoms with Gasteiger partial charge in [-0.3, -0.25) is 4.79 Å². The number of nitrogens with zero attached hydrogens (tertiary/aromatic N) is 3. The highest BCUT2D eigenvalue weighted by molar-refractivity contribution is 6.08. The molecule has 3 aromatic rings. The molecule has 1 aliphatic heterocycles. The van der Waals surface area contributed by atoms with Crippen molar-refractivity contribution in [1.82, 2.24) is 15.1 Å². The molecule has 8 heteroatoms. The van der Waals surface area contributed by atoms with E-state index in [1.807, 2.05) is 66.9 Å². The number of esters is 1. The molecule has 0 fully saturated rings. The molecular weight excluding hydrogens is 408 g/mol. The number of para-hydroxylation sites is 1. The van der Waals surface area contributed by atoms with Crippen LogP contribution in [0.5, 0.6) is 0 Å². The second-order valence-corrected chi connectivity index (χ2v) is 7.40. The molecule has 0 bridgehead atoms. The Hall–Kier alpha value is -3.78. The lowest BCUT2D eigenvalue weighted by molar-refractivity contribution is -0.148. The van der Waals surface area contributed by atoms with Crippen LogP contribution in [0.15, 0.2) is 71.9 Å². The van der Waals surface area contributed by atoms with Crippen LogP contribution in [0.4, 0.5) is 4.79 Å². The van der Waals surface area contributed by atoms with Crippen molar-refractivity contribution in [3.05, 3.63) is 72.4 Å². The Labute approximate surface area is 185 Å². The van der Waals surface area contributed by atoms with Gasteiger partial charge in [0.2, 0.25) is 0 Å². The number of hydrogen-bond acceptors (Lipinski definition) is 5. The summed E-state index contributed by atoms with van der Waals surface area (Å²) in [7, 11) is 1.54. The summed E-state index contributed by atoms with van der Waals surface area (Å²) in [6.07, 6.45) is 1.84. The molecule has 2 aromatic carbocycles. The van der Waals surface area contributed by atoms with E-state index >= 15 is 0 Å². The van der Waals surface area contributed by atoms with Crippen molar-refractivity contribution in [1.29, 1.82) is 0 Å². The standard InChI is InChI=1S/C24H24N4O4/c1-16-20(23(29)32-14-13-31-2)22(26-24(30)25-16)19-15-28(18-11-7-4-8-12-18)27-21(19)17-9-5-3-6-10-17/h3-12,15,20,22H,13-14H2,1-2H3,(H,26,30). The third-order valence-corrected chi connectivity index (χ3v) is 5.27. The molecule has 1 N–H and O–H groups in total. The predicted octanol–water partition coefficient (Wildman–Crippen LogP) is 3.57. The number of hydrogen-bond donors (Lipinski definition) is 1. The molecule has 32 heavy (non-hydrogen) atoms. The van der Waals surface area contributed by atoms with Gasteiger partial charge in [0.15, 0.2) is 0 Å². The summed E-state index contributed by atoms with van der Waals surface area (Å²) in [5.41, 5.74) is 3.51. The molecular formula is C24H24N4O4. The molecule has 164 valence electrons. The van der Waals surface area contributed by atoms with Crippen molar-refractivity contribution in [2.45, 2.75) is 13.0 Å². The van der Waals surface area contributed by atoms with E-state index in [0.29, 0.717) is 17.0 Å². The van der Waals surface area contributed by atoms with E-state index in [-0.39, 0.29) is 13.2 Å². The molecule has 1 aliphatic rings. The Morgan fingerprint density at radius 1 is 1.06 bits per heavy atom. The van der Waals surface area contributed by atoms with Gasteiger partial charge in [-0.1, -0.05) is 48.5 Å². The van der Waals surface area contributed by atoms with Crippen molar-refractivity contribution in [3.8, 4) is 16.9 Å². The zero-order chi connectivity index (χ0) is 22.5. The summed E-state index contributed by atoms with van der Waals surface area (Å²) in [6.45, 7) is 2.07. The van der Waals surface area contributed by atoms with Crippen LogP contribution >= 0.6 is 0 Å². The van der Waals surface area contributed by atoms with E-state index in [1.54, 1.807) is 11.6 Å². The number of nitrogens with one attached hydrogen (secondary N) is 1. The molecule has 1 aromatic heterocycles. The van der Waals surface area contributed by atoms with Crippen LogP contribution < -0.4 is 5.32 Å². The van der Waals surface area contributed by atoms with E-state index < -0.39 is 24.0 Å². The van der Waals surface area contributed by atoms with Gasteiger partial charge in [-0.2, -0.15) is 5.10 Å². The first-order chi connectivity index (χ1) is 15.6. The molecule has 2 atom stereocenters. The Kier molecular flexibility index (Phi) is 6.42. The lowest BCUT2D eigenvalue weighted by Gasteiger charge is -2.29. The molecule has 2 unspecified atom stereocenters. The molecule has 0 saturated heterocycles. The highest BCUT2D eigenvalue weighted by Gasteiger charge is 2.40. The largest absolute Gasteiger partial charge is 0.463 e. The third kappa shape index (κ3) is 4.45. The first-order valence-electron chi connectivity index (χ1n) is 10.3. The van der Waals surface area contributed by atoms with Crippen LogP contribution in [0.25, 0.3) is 16.9 Å². The van der Waals surface area contributed by atoms with Crippen LogP contribution in [0.3, 0.4) is 0 Å². The smallest absolute Gasteiger partial charge is 0.341 e. The van der Waals surface area contributed by atoms with E-state index in [4.69, 9.17) is 14.6 Å². The van der Waals surface area contributed by atoms with E-state index in [0.717, 1.165) is 11.3 Å². The van der Waals surface area contributed by atoms with E-state index in [1.165, 1.54) is 7.11 Å². The quantitative estimate of drug-likeness (QED) is 0.455. The van der Waals surface area contributed by atoms with Crippen LogP contribution in [0.2, 0.25) is 0 Å². The summed E-state index contributed by atoms with van der Waals surface area (Å²) in [4.78, 5) is 29.2. The molecule has 2 amide bonds. The topological polar surface area (TPSA) is 94.8 Å². The second kappa shape index (κ2) is 9.57. The minimum Gasteiger partial charge on any atom is -0.463 e. The summed E-state index contributed by atoms with van der Waals surface area (Å²) in [5.74, 6) is -1.25. The average Bonchev–Trinajstić information content (AvgIpc) is 3.25. The van der Waals surface area contributed by atoms with Crippen LogP contribution in [0, 0.1) is 5.92 Å². The Morgan fingerprint density at radius 2 is 1.75 bits per heavy atom. The number of ether oxygens (including phenoxy) is 2. The molecule has 4 rings (SSSR count). The number of carbonyl (C=O) groups is 2. The van der Waals surface area contributed by atoms with Gasteiger partial charge in [-0.15, -0.1) is 0 Å². The van der Waals surface area contributed by atoms with Gasteiger partial charge in [0.25, 0.3) is 0 Å². The maximum absolute atomic E-state index is 13.0. The normalized spacial score (nSPS) is 18.1. The van der Waals surface area contributed by atoms with Crippen molar-refractivity contribution < 1.29 is 19.1 Å². The van der Waals surface area contributed by atoms with Crippen LogP contribution in [-0.4, -0.2) is 47.8 Å². The number of carbonyl (C=O) groups excluding carboxylic acids is 2. The number of urea groups is 1. The highest BCUT2D eigenvalue weighted by Crippen LogP contribution is 2.35. The maximum atomic E-state index is 13.0. The number of amides is 2. The van der Waals surface area contributed by atoms with Crippen molar-refractivity contribution in [3.63, 3.8) is 0 Å². The van der Waals surface area contributed by atoms with Crippen molar-refractivity contribution in [2.24, 2.45) is 10.9 Å². The van der Waals surface area contributed by atoms with Gasteiger partial charge in [0.05, 0.1) is 24.0 Å². The number of rotatable bonds is 7. The second-order valence-electron chi connectivity index (χ2n) is 7.40. The molecule has 0 aliphatic carbocycles. The highest BCUT2D eigenvalue weighted by atomic mass is 16.6. The average molecular weight is 432 g/mol. The molecule has 0 radical (unpaired) electrons. The maximum Gasteiger partial charge on any atom is 0.341 e. The Balaban J connectivity index is 1.80. The monoisotopic (exact) mass is 432 g/mol. The molecule has 2 heterocycles. The van der Waals surface area contributed by atoms with Gasteiger partial charge in [0.1, 0.15) is 12.5 Å². The van der Waals surface area contributed by atoms with Crippen molar-refractivity contribution in [2.75, 3.05) is 20.3 Å². The number of aromatic nitrogens is 2. The molecule has 8 nitrogen and oxygen atoms in total. The first kappa shape index (κ1) is 21.5. The molecule has 0 saturated carbocycles. The Morgan fingerprint density at radius 3 is 2.44 bits per heavy atom. The fraction of sp³-hybridized carbons (Fsp3) is 0.250. The minimum atomic E-state index is -0.777. The zero-order valence-electron chi connectivity index (χ0n) is 17.9. The van der Waals surface area contributed by atoms with Gasteiger partial charge < -0.3 is 14.8 Å². The zero-order valence-corrected chi connectivity index (χ0v) is 17.9. The van der Waals surface area contributed by atoms with Gasteiger partial charge in [0, 0.05) is 30.1 Å². The Bertz CT molecular complexity index is 1130. The summed E-state index contributed by atoms with van der Waals surface area (Å²) in [6, 6.07) is 18.1. The minimum absolute atomic E-state index is 0.120. The van der Waals surface area contributed by atoms with E-state index in [9.17, 15) is 9.59 Å². The van der Waals surface area contributed by atoms with Gasteiger partial charge >= 0.3 is 12.0 Å². The lowest BCUT2D eigenvalue weighted by Crippen LogP contribution is -2.44. The fourth-order valence-corrected chi connectivity index (χ4v) is 3.75. The third-order valence-electron chi connectivity index (χ3n) is 5.27. The summed E-state index contributed by atoms with van der Waals surface area (Å²) >= 11 is 0. The van der Waals surface area contributed by atoms with Gasteiger partial charge in [-0.25, -0.2) is 14.5 Å². The fourth-order valence-electron chi connectivity index (χ4n) is 3.75. The van der Waals surface area contributed by atoms with Gasteiger partial charge in [-0.05, 0) is 19.1 Å². The summed E-state index contributed by atoms with van der Waals surface area (Å²) in [5, 5.41) is 7.65. The number of methoxy groups -OCH3 is 1. The van der Waals surface area contributed by atoms with Crippen LogP contribution in [-0.2, 0) is 14.3 Å². The first-order valence-corrected chi connectivity index (χ1v) is 10.3. The SMILES string of the molecule is COCCOC(=O)C1C(C)=NC(=O)NC1c1cn(-c2ccccc2)nc1-c1ccccc1. The van der Waals surface area contributed by atoms with Crippen LogP contribution in [0.1, 0.15) is 18.5 Å². The molecule has 0 spiro atoms. The predicted molar refractivity (Wildman–Crippen MR) is 120 cm³/mol. The van der Waals surface area contributed by atoms with Crippen molar-refractivity contribution >= 4 is 17.7 Å². The lowest BCUT2D eigenvalue weighted by atomic mass is 9.87. The number of aliphatic imine (C=N–C) groups is 1. The number of benzene rings is 2. The summed E-state index contributed by atoms with van der Waals surface area (Å²) < 4.78 is 12.1. The van der Waals surface area contributed by atoms with E-state index in [2.05, 4.69) is 10.3 Å².